The molecule has 1 saturated carbocycles. The zero-order valence-electron chi connectivity index (χ0n) is 19.5. The van der Waals surface area contributed by atoms with Crippen molar-refractivity contribution >= 4 is 33.7 Å². The van der Waals surface area contributed by atoms with E-state index in [0.29, 0.717) is 29.2 Å². The predicted octanol–water partition coefficient (Wildman–Crippen LogP) is 6.83. The van der Waals surface area contributed by atoms with Gasteiger partial charge in [0.2, 0.25) is 5.91 Å². The Balaban J connectivity index is 1.81. The van der Waals surface area contributed by atoms with Gasteiger partial charge in [-0.25, -0.2) is 8.72 Å². The van der Waals surface area contributed by atoms with Gasteiger partial charge >= 0.3 is 5.97 Å². The van der Waals surface area contributed by atoms with Crippen molar-refractivity contribution in [1.82, 2.24) is 0 Å². The number of hydrogen-bond donors (Lipinski definition) is 0. The maximum Gasteiger partial charge on any atom is 0.337 e. The molecule has 0 heterocycles. The van der Waals surface area contributed by atoms with E-state index in [0.717, 1.165) is 36.9 Å². The minimum Gasteiger partial charge on any atom is -0.465 e. The van der Waals surface area contributed by atoms with Crippen LogP contribution in [-0.4, -0.2) is 19.0 Å². The number of carbonyl (C=O) groups is 2. The highest BCUT2D eigenvalue weighted by molar-refractivity contribution is 9.10. The molecule has 0 bridgehead atoms. The second-order valence-electron chi connectivity index (χ2n) is 9.93. The van der Waals surface area contributed by atoms with Gasteiger partial charge in [-0.15, -0.1) is 0 Å². The van der Waals surface area contributed by atoms with Crippen LogP contribution in [0.3, 0.4) is 0 Å². The number of benzene rings is 2. The topological polar surface area (TPSA) is 46.6 Å². The van der Waals surface area contributed by atoms with Gasteiger partial charge in [0.25, 0.3) is 0 Å². The Kier molecular flexibility index (Phi) is 8.16. The van der Waals surface area contributed by atoms with Crippen LogP contribution in [0.15, 0.2) is 54.6 Å². The van der Waals surface area contributed by atoms with Crippen molar-refractivity contribution in [1.29, 1.82) is 0 Å². The quantitative estimate of drug-likeness (QED) is 0.323. The van der Waals surface area contributed by atoms with Gasteiger partial charge in [-0.2, -0.15) is 0 Å². The van der Waals surface area contributed by atoms with Gasteiger partial charge in [0.05, 0.1) is 34.5 Å². The van der Waals surface area contributed by atoms with Crippen LogP contribution in [0, 0.1) is 23.2 Å². The summed E-state index contributed by atoms with van der Waals surface area (Å²) in [7, 11) is 1.38. The number of esters is 1. The van der Waals surface area contributed by atoms with E-state index < -0.39 is 0 Å². The third-order valence-electron chi connectivity index (χ3n) is 6.89. The van der Waals surface area contributed by atoms with Crippen LogP contribution >= 0.6 is 16.1 Å². The summed E-state index contributed by atoms with van der Waals surface area (Å²) in [5, 5.41) is 0. The zero-order valence-corrected chi connectivity index (χ0v) is 21.1. The largest absolute Gasteiger partial charge is 0.465 e. The first-order valence-corrected chi connectivity index (χ1v) is 12.1. The number of ether oxygens (including phenoxy) is 1. The molecule has 0 radical (unpaired) electrons. The molecule has 5 heteroatoms. The maximum absolute atomic E-state index is 13.7. The fourth-order valence-electron chi connectivity index (χ4n) is 4.82. The number of hydrogen-bond acceptors (Lipinski definition) is 3. The summed E-state index contributed by atoms with van der Waals surface area (Å²) in [5.41, 5.74) is 2.73. The smallest absolute Gasteiger partial charge is 0.337 e. The maximum atomic E-state index is 13.7. The monoisotopic (exact) mass is 499 g/mol. The molecule has 0 spiro atoms. The van der Waals surface area contributed by atoms with Gasteiger partial charge < -0.3 is 4.74 Å². The minimum atomic E-state index is -0.347. The van der Waals surface area contributed by atoms with Crippen molar-refractivity contribution in [2.45, 2.75) is 52.9 Å². The van der Waals surface area contributed by atoms with Crippen molar-refractivity contribution in [3.8, 4) is 0 Å². The van der Waals surface area contributed by atoms with E-state index in [1.165, 1.54) is 7.11 Å². The molecule has 1 aliphatic carbocycles. The minimum absolute atomic E-state index is 0.0902. The summed E-state index contributed by atoms with van der Waals surface area (Å²) in [4.78, 5) is 25.4. The highest BCUT2D eigenvalue weighted by atomic mass is 79.9. The van der Waals surface area contributed by atoms with Crippen molar-refractivity contribution in [3.05, 3.63) is 65.7 Å². The van der Waals surface area contributed by atoms with Crippen molar-refractivity contribution < 1.29 is 14.3 Å². The fourth-order valence-corrected chi connectivity index (χ4v) is 5.32. The summed E-state index contributed by atoms with van der Waals surface area (Å²) in [6.07, 6.45) is 5.10. The first kappa shape index (κ1) is 24.5. The molecule has 2 aromatic rings. The number of carbonyl (C=O) groups excluding carboxylic acids is 2. The van der Waals surface area contributed by atoms with E-state index >= 15 is 0 Å². The van der Waals surface area contributed by atoms with Crippen LogP contribution in [0.2, 0.25) is 0 Å². The molecule has 1 atom stereocenters. The Hall–Kier alpha value is -2.14. The van der Waals surface area contributed by atoms with Gasteiger partial charge in [-0.3, -0.25) is 4.79 Å². The van der Waals surface area contributed by atoms with Crippen LogP contribution in [0.25, 0.3) is 0 Å². The van der Waals surface area contributed by atoms with Gasteiger partial charge in [0.1, 0.15) is 0 Å². The standard InChI is InChI=1S/C27H34BrNO3/c1-27(2,3)22-16-14-20(15-17-22)24(25(30)29(28)23-8-6-5-7-9-23)18-19-10-12-21(13-11-19)26(31)32-4/h5-13,20,22,24H,14-18H2,1-4H3. The van der Waals surface area contributed by atoms with Gasteiger partial charge in [0, 0.05) is 5.92 Å². The van der Waals surface area contributed by atoms with E-state index in [-0.39, 0.29) is 17.8 Å². The van der Waals surface area contributed by atoms with Gasteiger partial charge in [-0.05, 0) is 79.2 Å². The molecular weight excluding hydrogens is 466 g/mol. The molecule has 1 amide bonds. The molecule has 3 rings (SSSR count). The SMILES string of the molecule is COC(=O)c1ccc(CC(C(=O)N(Br)c2ccccc2)C2CCC(C(C)(C)C)CC2)cc1. The molecule has 0 N–H and O–H groups in total. The number of rotatable bonds is 6. The summed E-state index contributed by atoms with van der Waals surface area (Å²) in [6, 6.07) is 17.1. The molecule has 0 saturated heterocycles. The highest BCUT2D eigenvalue weighted by Gasteiger charge is 2.37. The number of anilines is 1. The normalized spacial score (nSPS) is 19.8. The highest BCUT2D eigenvalue weighted by Crippen LogP contribution is 2.43. The summed E-state index contributed by atoms with van der Waals surface area (Å²) in [5.74, 6) is 0.653. The fraction of sp³-hybridized carbons (Fsp3) is 0.481. The van der Waals surface area contributed by atoms with Crippen LogP contribution in [0.5, 0.6) is 0 Å². The molecule has 172 valence electrons. The molecule has 1 aliphatic rings. The summed E-state index contributed by atoms with van der Waals surface area (Å²) < 4.78 is 6.42. The predicted molar refractivity (Wildman–Crippen MR) is 133 cm³/mol. The third kappa shape index (κ3) is 6.00. The van der Waals surface area contributed by atoms with Crippen LogP contribution in [0.1, 0.15) is 62.4 Å². The lowest BCUT2D eigenvalue weighted by Crippen LogP contribution is -2.37. The third-order valence-corrected chi connectivity index (χ3v) is 7.65. The number of nitrogens with zero attached hydrogens (tertiary/aromatic N) is 1. The molecule has 1 fully saturated rings. The van der Waals surface area contributed by atoms with E-state index in [9.17, 15) is 9.59 Å². The molecule has 32 heavy (non-hydrogen) atoms. The molecular formula is C27H34BrNO3. The Labute approximate surface area is 200 Å². The van der Waals surface area contributed by atoms with E-state index in [2.05, 4.69) is 36.9 Å². The average molecular weight is 500 g/mol. The molecule has 1 unspecified atom stereocenters. The molecule has 4 nitrogen and oxygen atoms in total. The van der Waals surface area contributed by atoms with Crippen molar-refractivity contribution in [3.63, 3.8) is 0 Å². The lowest BCUT2D eigenvalue weighted by atomic mass is 9.66. The van der Waals surface area contributed by atoms with E-state index in [4.69, 9.17) is 4.74 Å². The van der Waals surface area contributed by atoms with Crippen LogP contribution in [0.4, 0.5) is 5.69 Å². The molecule has 0 aromatic heterocycles. The number of amides is 1. The first-order valence-electron chi connectivity index (χ1n) is 11.4. The number of halogens is 1. The van der Waals surface area contributed by atoms with E-state index in [1.54, 1.807) is 16.1 Å². The Bertz CT molecular complexity index is 897. The van der Waals surface area contributed by atoms with Crippen molar-refractivity contribution in [2.24, 2.45) is 23.2 Å². The van der Waals surface area contributed by atoms with E-state index in [1.807, 2.05) is 42.5 Å². The molecule has 2 aromatic carbocycles. The zero-order chi connectivity index (χ0) is 23.3. The van der Waals surface area contributed by atoms with Crippen LogP contribution in [-0.2, 0) is 16.0 Å². The van der Waals surface area contributed by atoms with Crippen LogP contribution < -0.4 is 3.93 Å². The summed E-state index contributed by atoms with van der Waals surface area (Å²) >= 11 is 3.54. The second kappa shape index (κ2) is 10.7. The Morgan fingerprint density at radius 2 is 1.59 bits per heavy atom. The Morgan fingerprint density at radius 3 is 2.12 bits per heavy atom. The van der Waals surface area contributed by atoms with Crippen molar-refractivity contribution in [2.75, 3.05) is 11.0 Å². The number of methoxy groups -OCH3 is 1. The van der Waals surface area contributed by atoms with Gasteiger partial charge in [-0.1, -0.05) is 51.1 Å². The summed E-state index contributed by atoms with van der Waals surface area (Å²) in [6.45, 7) is 6.96. The first-order chi connectivity index (χ1) is 15.2. The lowest BCUT2D eigenvalue weighted by Gasteiger charge is -2.39. The molecule has 0 aliphatic heterocycles. The van der Waals surface area contributed by atoms with Gasteiger partial charge in [0.15, 0.2) is 0 Å². The second-order valence-corrected chi connectivity index (χ2v) is 10.6. The number of para-hydroxylation sites is 1. The lowest BCUT2D eigenvalue weighted by molar-refractivity contribution is -0.123. The Morgan fingerprint density at radius 1 is 1.00 bits per heavy atom. The average Bonchev–Trinajstić information content (AvgIpc) is 2.81.